The van der Waals surface area contributed by atoms with Gasteiger partial charge in [-0.1, -0.05) is 23.7 Å². The average Bonchev–Trinajstić information content (AvgIpc) is 2.53. The Bertz CT molecular complexity index is 852. The van der Waals surface area contributed by atoms with Gasteiger partial charge in [0.05, 0.1) is 20.4 Å². The van der Waals surface area contributed by atoms with Crippen LogP contribution in [0.1, 0.15) is 10.4 Å². The number of non-ortho nitro benzene ring substituents is 1. The zero-order valence-electron chi connectivity index (χ0n) is 11.4. The van der Waals surface area contributed by atoms with E-state index in [1.54, 1.807) is 12.1 Å². The summed E-state index contributed by atoms with van der Waals surface area (Å²) in [6.45, 7) is 0. The number of hydrogen-bond acceptors (Lipinski definition) is 5. The number of nitro benzene ring substituents is 1. The molecule has 0 saturated carbocycles. The number of benzene rings is 2. The Kier molecular flexibility index (Phi) is 4.94. The number of sulfonamides is 1. The Morgan fingerprint density at radius 3 is 2.26 bits per heavy atom. The van der Waals surface area contributed by atoms with E-state index in [2.05, 4.69) is 0 Å². The molecule has 2 rings (SSSR count). The Labute approximate surface area is 136 Å². The van der Waals surface area contributed by atoms with Crippen molar-refractivity contribution in [2.24, 2.45) is 0 Å². The standard InChI is InChI=1S/C13H10ClN3O5S/c14-12-4-2-1-3-11(12)13(18)15-16-23(21,22)10-7-5-9(6-8-10)17(19)20/h1-8,16H,(H,15,18). The van der Waals surface area contributed by atoms with Gasteiger partial charge in [-0.25, -0.2) is 8.42 Å². The minimum Gasteiger partial charge on any atom is -0.273 e. The Hall–Kier alpha value is -2.49. The molecule has 0 unspecified atom stereocenters. The highest BCUT2D eigenvalue weighted by atomic mass is 35.5. The SMILES string of the molecule is O=C(NNS(=O)(=O)c1ccc([N+](=O)[O-])cc1)c1ccccc1Cl. The van der Waals surface area contributed by atoms with Gasteiger partial charge in [0.25, 0.3) is 21.6 Å². The Morgan fingerprint density at radius 1 is 1.09 bits per heavy atom. The minimum atomic E-state index is -4.07. The van der Waals surface area contributed by atoms with Gasteiger partial charge in [0, 0.05) is 12.1 Å². The molecule has 0 aliphatic rings. The van der Waals surface area contributed by atoms with Crippen molar-refractivity contribution in [3.8, 4) is 0 Å². The van der Waals surface area contributed by atoms with Crippen molar-refractivity contribution in [1.82, 2.24) is 10.3 Å². The number of hydrazine groups is 1. The number of hydrogen-bond donors (Lipinski definition) is 2. The normalized spacial score (nSPS) is 11.0. The van der Waals surface area contributed by atoms with Crippen LogP contribution in [-0.2, 0) is 10.0 Å². The van der Waals surface area contributed by atoms with Crippen LogP contribution in [0.5, 0.6) is 0 Å². The van der Waals surface area contributed by atoms with E-state index in [-0.39, 0.29) is 21.2 Å². The number of rotatable bonds is 5. The van der Waals surface area contributed by atoms with Gasteiger partial charge in [-0.3, -0.25) is 20.3 Å². The lowest BCUT2D eigenvalue weighted by molar-refractivity contribution is -0.384. The summed E-state index contributed by atoms with van der Waals surface area (Å²) in [7, 11) is -4.07. The molecule has 0 aromatic heterocycles. The fourth-order valence-electron chi connectivity index (χ4n) is 1.63. The molecule has 0 radical (unpaired) electrons. The fraction of sp³-hybridized carbons (Fsp3) is 0. The van der Waals surface area contributed by atoms with Crippen LogP contribution in [0.2, 0.25) is 5.02 Å². The predicted molar refractivity (Wildman–Crippen MR) is 82.3 cm³/mol. The zero-order valence-corrected chi connectivity index (χ0v) is 13.0. The first-order chi connectivity index (χ1) is 10.8. The second kappa shape index (κ2) is 6.73. The predicted octanol–water partition coefficient (Wildman–Crippen LogP) is 1.87. The van der Waals surface area contributed by atoms with E-state index in [1.807, 2.05) is 10.3 Å². The van der Waals surface area contributed by atoms with Crippen molar-refractivity contribution in [2.45, 2.75) is 4.90 Å². The molecule has 0 aliphatic heterocycles. The Morgan fingerprint density at radius 2 is 1.70 bits per heavy atom. The third-order valence-electron chi connectivity index (χ3n) is 2.78. The van der Waals surface area contributed by atoms with E-state index in [4.69, 9.17) is 11.6 Å². The van der Waals surface area contributed by atoms with E-state index in [1.165, 1.54) is 12.1 Å². The maximum Gasteiger partial charge on any atom is 0.269 e. The largest absolute Gasteiger partial charge is 0.273 e. The summed E-state index contributed by atoms with van der Waals surface area (Å²) in [6, 6.07) is 10.3. The van der Waals surface area contributed by atoms with Crippen LogP contribution in [0, 0.1) is 10.1 Å². The smallest absolute Gasteiger partial charge is 0.269 e. The number of carbonyl (C=O) groups excluding carboxylic acids is 1. The molecule has 0 aliphatic carbocycles. The molecule has 0 bridgehead atoms. The van der Waals surface area contributed by atoms with Crippen molar-refractivity contribution < 1.29 is 18.1 Å². The van der Waals surface area contributed by atoms with E-state index >= 15 is 0 Å². The molecule has 2 aromatic carbocycles. The Balaban J connectivity index is 2.11. The second-order valence-electron chi connectivity index (χ2n) is 4.29. The van der Waals surface area contributed by atoms with E-state index in [9.17, 15) is 23.3 Å². The third-order valence-corrected chi connectivity index (χ3v) is 4.37. The quantitative estimate of drug-likeness (QED) is 0.627. The topological polar surface area (TPSA) is 118 Å². The van der Waals surface area contributed by atoms with Crippen molar-refractivity contribution in [3.63, 3.8) is 0 Å². The van der Waals surface area contributed by atoms with Gasteiger partial charge in [-0.05, 0) is 24.3 Å². The lowest BCUT2D eigenvalue weighted by Crippen LogP contribution is -2.41. The van der Waals surface area contributed by atoms with Gasteiger partial charge < -0.3 is 0 Å². The van der Waals surface area contributed by atoms with Crippen molar-refractivity contribution in [2.75, 3.05) is 0 Å². The highest BCUT2D eigenvalue weighted by molar-refractivity contribution is 7.89. The van der Waals surface area contributed by atoms with Crippen LogP contribution in [0.4, 0.5) is 5.69 Å². The van der Waals surface area contributed by atoms with Gasteiger partial charge in [-0.15, -0.1) is 4.83 Å². The van der Waals surface area contributed by atoms with Gasteiger partial charge in [0.2, 0.25) is 0 Å². The van der Waals surface area contributed by atoms with Crippen LogP contribution in [0.15, 0.2) is 53.4 Å². The molecule has 23 heavy (non-hydrogen) atoms. The van der Waals surface area contributed by atoms with Crippen LogP contribution in [0.3, 0.4) is 0 Å². The summed E-state index contributed by atoms with van der Waals surface area (Å²) in [4.78, 5) is 23.4. The molecule has 0 saturated heterocycles. The molecule has 1 amide bonds. The lowest BCUT2D eigenvalue weighted by atomic mass is 10.2. The number of nitrogens with one attached hydrogen (secondary N) is 2. The molecule has 0 fully saturated rings. The summed E-state index contributed by atoms with van der Waals surface area (Å²) in [5, 5.41) is 10.7. The third kappa shape index (κ3) is 4.03. The number of nitro groups is 1. The summed E-state index contributed by atoms with van der Waals surface area (Å²) >= 11 is 5.83. The van der Waals surface area contributed by atoms with Crippen molar-refractivity contribution >= 4 is 33.2 Å². The number of amides is 1. The van der Waals surface area contributed by atoms with E-state index < -0.39 is 20.9 Å². The lowest BCUT2D eigenvalue weighted by Gasteiger charge is -2.09. The highest BCUT2D eigenvalue weighted by Gasteiger charge is 2.18. The first-order valence-electron chi connectivity index (χ1n) is 6.12. The monoisotopic (exact) mass is 355 g/mol. The van der Waals surface area contributed by atoms with Crippen molar-refractivity contribution in [3.05, 3.63) is 69.2 Å². The van der Waals surface area contributed by atoms with Crippen LogP contribution in [-0.4, -0.2) is 19.2 Å². The van der Waals surface area contributed by atoms with Gasteiger partial charge in [0.1, 0.15) is 0 Å². The maximum atomic E-state index is 12.0. The number of carbonyl (C=O) groups is 1. The molecule has 8 nitrogen and oxygen atoms in total. The van der Waals surface area contributed by atoms with Gasteiger partial charge >= 0.3 is 0 Å². The first kappa shape index (κ1) is 16.9. The van der Waals surface area contributed by atoms with Crippen LogP contribution < -0.4 is 10.3 Å². The summed E-state index contributed by atoms with van der Waals surface area (Å²) < 4.78 is 24.0. The van der Waals surface area contributed by atoms with Crippen LogP contribution in [0.25, 0.3) is 0 Å². The first-order valence-corrected chi connectivity index (χ1v) is 7.98. The molecular formula is C13H10ClN3O5S. The molecule has 120 valence electrons. The number of nitrogens with zero attached hydrogens (tertiary/aromatic N) is 1. The molecule has 2 N–H and O–H groups in total. The van der Waals surface area contributed by atoms with Gasteiger partial charge in [0.15, 0.2) is 0 Å². The summed E-state index contributed by atoms with van der Waals surface area (Å²) in [6.07, 6.45) is 0. The van der Waals surface area contributed by atoms with Crippen molar-refractivity contribution in [1.29, 1.82) is 0 Å². The average molecular weight is 356 g/mol. The van der Waals surface area contributed by atoms with Crippen LogP contribution >= 0.6 is 11.6 Å². The minimum absolute atomic E-state index is 0.0977. The van der Waals surface area contributed by atoms with Gasteiger partial charge in [-0.2, -0.15) is 0 Å². The fourth-order valence-corrected chi connectivity index (χ4v) is 2.69. The van der Waals surface area contributed by atoms with E-state index in [0.717, 1.165) is 24.3 Å². The maximum absolute atomic E-state index is 12.0. The zero-order chi connectivity index (χ0) is 17.0. The second-order valence-corrected chi connectivity index (χ2v) is 6.38. The number of halogens is 1. The molecule has 0 heterocycles. The molecule has 2 aromatic rings. The summed E-state index contributed by atoms with van der Waals surface area (Å²) in [5.41, 5.74) is 1.87. The molecule has 0 spiro atoms. The molecular weight excluding hydrogens is 346 g/mol. The molecule has 10 heteroatoms. The van der Waals surface area contributed by atoms with E-state index in [0.29, 0.717) is 0 Å². The molecule has 0 atom stereocenters. The highest BCUT2D eigenvalue weighted by Crippen LogP contribution is 2.16. The summed E-state index contributed by atoms with van der Waals surface area (Å²) in [5.74, 6) is -0.735.